The first-order valence-corrected chi connectivity index (χ1v) is 8.20. The Morgan fingerprint density at radius 3 is 2.77 bits per heavy atom. The molecule has 1 fully saturated rings. The number of carbonyl (C=O) groups is 1. The zero-order valence-electron chi connectivity index (χ0n) is 12.4. The van der Waals surface area contributed by atoms with Crippen LogP contribution in [0.5, 0.6) is 0 Å². The molecule has 3 rings (SSSR count). The number of hydrogen-bond donors (Lipinski definition) is 2. The van der Waals surface area contributed by atoms with Gasteiger partial charge in [-0.15, -0.1) is 0 Å². The first kappa shape index (κ1) is 15.1. The summed E-state index contributed by atoms with van der Waals surface area (Å²) in [6.45, 7) is -0.0612. The lowest BCUT2D eigenvalue weighted by Crippen LogP contribution is -2.29. The van der Waals surface area contributed by atoms with Gasteiger partial charge in [0.1, 0.15) is 5.25 Å². The SMILES string of the molecule is Cn1c(CO)cnc1S[C@@H](C(=O)NC1CC1)c1ccccc1. The molecule has 1 aromatic heterocycles. The molecule has 6 heteroatoms. The van der Waals surface area contributed by atoms with E-state index in [2.05, 4.69) is 10.3 Å². The van der Waals surface area contributed by atoms with Crippen LogP contribution in [0.4, 0.5) is 0 Å². The summed E-state index contributed by atoms with van der Waals surface area (Å²) in [6.07, 6.45) is 3.77. The predicted octanol–water partition coefficient (Wildman–Crippen LogP) is 2.02. The Labute approximate surface area is 133 Å². The van der Waals surface area contributed by atoms with Gasteiger partial charge in [-0.1, -0.05) is 42.1 Å². The molecular weight excluding hydrogens is 298 g/mol. The molecule has 1 aliphatic carbocycles. The molecule has 0 spiro atoms. The van der Waals surface area contributed by atoms with Crippen molar-refractivity contribution >= 4 is 17.7 Å². The van der Waals surface area contributed by atoms with Crippen LogP contribution in [0, 0.1) is 0 Å². The number of aliphatic hydroxyl groups is 1. The van der Waals surface area contributed by atoms with Crippen LogP contribution in [0.25, 0.3) is 0 Å². The number of rotatable bonds is 6. The minimum Gasteiger partial charge on any atom is -0.390 e. The number of imidazole rings is 1. The number of nitrogens with one attached hydrogen (secondary N) is 1. The molecule has 22 heavy (non-hydrogen) atoms. The van der Waals surface area contributed by atoms with Gasteiger partial charge >= 0.3 is 0 Å². The van der Waals surface area contributed by atoms with E-state index in [1.807, 2.05) is 41.9 Å². The summed E-state index contributed by atoms with van der Waals surface area (Å²) >= 11 is 1.41. The van der Waals surface area contributed by atoms with Gasteiger partial charge in [0.05, 0.1) is 18.5 Å². The number of thioether (sulfide) groups is 1. The van der Waals surface area contributed by atoms with E-state index in [9.17, 15) is 9.90 Å². The minimum atomic E-state index is -0.338. The van der Waals surface area contributed by atoms with Crippen molar-refractivity contribution in [3.63, 3.8) is 0 Å². The first-order chi connectivity index (χ1) is 10.7. The Balaban J connectivity index is 1.84. The predicted molar refractivity (Wildman–Crippen MR) is 85.3 cm³/mol. The fraction of sp³-hybridized carbons (Fsp3) is 0.375. The van der Waals surface area contributed by atoms with E-state index >= 15 is 0 Å². The van der Waals surface area contributed by atoms with Crippen LogP contribution in [-0.2, 0) is 18.4 Å². The third-order valence-electron chi connectivity index (χ3n) is 3.69. The molecule has 2 aromatic rings. The van der Waals surface area contributed by atoms with E-state index in [1.54, 1.807) is 6.20 Å². The van der Waals surface area contributed by atoms with Gasteiger partial charge in [0.2, 0.25) is 5.91 Å². The molecule has 0 saturated heterocycles. The standard InChI is InChI=1S/C16H19N3O2S/c1-19-13(10-20)9-17-16(19)22-14(11-5-3-2-4-6-11)15(21)18-12-7-8-12/h2-6,9,12,14,20H,7-8,10H2,1H3,(H,18,21)/t14-/m1/s1. The Bertz CT molecular complexity index is 653. The second kappa shape index (κ2) is 6.54. The van der Waals surface area contributed by atoms with Crippen LogP contribution in [0.2, 0.25) is 0 Å². The summed E-state index contributed by atoms with van der Waals surface area (Å²) in [5.41, 5.74) is 1.69. The van der Waals surface area contributed by atoms with Crippen molar-refractivity contribution in [2.45, 2.75) is 35.9 Å². The van der Waals surface area contributed by atoms with Gasteiger partial charge in [-0.25, -0.2) is 4.98 Å². The summed E-state index contributed by atoms with van der Waals surface area (Å²) in [7, 11) is 1.85. The maximum absolute atomic E-state index is 12.6. The molecular formula is C16H19N3O2S. The van der Waals surface area contributed by atoms with E-state index in [4.69, 9.17) is 0 Å². The number of benzene rings is 1. The van der Waals surface area contributed by atoms with Crippen molar-refractivity contribution in [1.29, 1.82) is 0 Å². The van der Waals surface area contributed by atoms with Gasteiger partial charge in [0.15, 0.2) is 5.16 Å². The van der Waals surface area contributed by atoms with Crippen LogP contribution in [0.1, 0.15) is 29.3 Å². The Kier molecular flexibility index (Phi) is 4.49. The maximum atomic E-state index is 12.6. The van der Waals surface area contributed by atoms with E-state index < -0.39 is 0 Å². The summed E-state index contributed by atoms with van der Waals surface area (Å²) in [4.78, 5) is 16.9. The highest BCUT2D eigenvalue weighted by Gasteiger charge is 2.30. The largest absolute Gasteiger partial charge is 0.390 e. The molecule has 116 valence electrons. The van der Waals surface area contributed by atoms with Gasteiger partial charge in [0.25, 0.3) is 0 Å². The third-order valence-corrected chi connectivity index (χ3v) is 5.00. The van der Waals surface area contributed by atoms with E-state index in [1.165, 1.54) is 11.8 Å². The molecule has 5 nitrogen and oxygen atoms in total. The van der Waals surface area contributed by atoms with Crippen molar-refractivity contribution in [1.82, 2.24) is 14.9 Å². The maximum Gasteiger partial charge on any atom is 0.238 e. The van der Waals surface area contributed by atoms with Gasteiger partial charge < -0.3 is 15.0 Å². The third kappa shape index (κ3) is 3.34. The van der Waals surface area contributed by atoms with Gasteiger partial charge in [-0.05, 0) is 18.4 Å². The molecule has 1 saturated carbocycles. The van der Waals surface area contributed by atoms with Crippen molar-refractivity contribution in [2.24, 2.45) is 7.05 Å². The summed E-state index contributed by atoms with van der Waals surface area (Å²) in [6, 6.07) is 10.1. The second-order valence-corrected chi connectivity index (χ2v) is 6.51. The molecule has 0 radical (unpaired) electrons. The van der Waals surface area contributed by atoms with E-state index in [-0.39, 0.29) is 17.8 Å². The fourth-order valence-electron chi connectivity index (χ4n) is 2.19. The van der Waals surface area contributed by atoms with Crippen LogP contribution in [-0.4, -0.2) is 26.6 Å². The van der Waals surface area contributed by atoms with Crippen LogP contribution < -0.4 is 5.32 Å². The van der Waals surface area contributed by atoms with Crippen molar-refractivity contribution in [3.05, 3.63) is 47.8 Å². The van der Waals surface area contributed by atoms with Crippen molar-refractivity contribution < 1.29 is 9.90 Å². The highest BCUT2D eigenvalue weighted by atomic mass is 32.2. The lowest BCUT2D eigenvalue weighted by atomic mass is 10.1. The molecule has 1 amide bonds. The number of carbonyl (C=O) groups excluding carboxylic acids is 1. The zero-order chi connectivity index (χ0) is 15.5. The average molecular weight is 317 g/mol. The number of aromatic nitrogens is 2. The molecule has 1 atom stereocenters. The summed E-state index contributed by atoms with van der Waals surface area (Å²) in [5, 5.41) is 12.7. The van der Waals surface area contributed by atoms with E-state index in [0.717, 1.165) is 29.3 Å². The topological polar surface area (TPSA) is 67.1 Å². The number of nitrogens with zero attached hydrogens (tertiary/aromatic N) is 2. The minimum absolute atomic E-state index is 0.0206. The quantitative estimate of drug-likeness (QED) is 0.800. The van der Waals surface area contributed by atoms with Crippen molar-refractivity contribution in [2.75, 3.05) is 0 Å². The summed E-state index contributed by atoms with van der Waals surface area (Å²) < 4.78 is 1.82. The van der Waals surface area contributed by atoms with Crippen LogP contribution in [0.15, 0.2) is 41.7 Å². The Morgan fingerprint density at radius 1 is 1.45 bits per heavy atom. The smallest absolute Gasteiger partial charge is 0.238 e. The van der Waals surface area contributed by atoms with Gasteiger partial charge in [-0.3, -0.25) is 4.79 Å². The molecule has 1 aliphatic rings. The highest BCUT2D eigenvalue weighted by Crippen LogP contribution is 2.35. The van der Waals surface area contributed by atoms with E-state index in [0.29, 0.717) is 6.04 Å². The molecule has 2 N–H and O–H groups in total. The number of hydrogen-bond acceptors (Lipinski definition) is 4. The van der Waals surface area contributed by atoms with Gasteiger partial charge in [-0.2, -0.15) is 0 Å². The second-order valence-electron chi connectivity index (χ2n) is 5.44. The van der Waals surface area contributed by atoms with Crippen LogP contribution >= 0.6 is 11.8 Å². The molecule has 1 heterocycles. The van der Waals surface area contributed by atoms with Crippen molar-refractivity contribution in [3.8, 4) is 0 Å². The highest BCUT2D eigenvalue weighted by molar-refractivity contribution is 8.00. The molecule has 0 aliphatic heterocycles. The van der Waals surface area contributed by atoms with Gasteiger partial charge in [0, 0.05) is 13.1 Å². The normalized spacial score (nSPS) is 15.5. The van der Waals surface area contributed by atoms with Crippen LogP contribution in [0.3, 0.4) is 0 Å². The molecule has 0 unspecified atom stereocenters. The average Bonchev–Trinajstić information content (AvgIpc) is 3.28. The number of aliphatic hydroxyl groups excluding tert-OH is 1. The lowest BCUT2D eigenvalue weighted by Gasteiger charge is -2.16. The lowest BCUT2D eigenvalue weighted by molar-refractivity contribution is -0.120. The Morgan fingerprint density at radius 2 is 2.18 bits per heavy atom. The monoisotopic (exact) mass is 317 g/mol. The first-order valence-electron chi connectivity index (χ1n) is 7.32. The molecule has 0 bridgehead atoms. The summed E-state index contributed by atoms with van der Waals surface area (Å²) in [5.74, 6) is 0.0206. The molecule has 1 aromatic carbocycles. The Hall–Kier alpha value is -1.79. The number of amides is 1. The fourth-order valence-corrected chi connectivity index (χ4v) is 3.26. The zero-order valence-corrected chi connectivity index (χ0v) is 13.2.